The normalized spacial score (nSPS) is 23.0. The van der Waals surface area contributed by atoms with Gasteiger partial charge in [0.2, 0.25) is 0 Å². The molecule has 98 valence electrons. The summed E-state index contributed by atoms with van der Waals surface area (Å²) in [6, 6.07) is 5.35. The van der Waals surface area contributed by atoms with E-state index in [0.29, 0.717) is 23.7 Å². The van der Waals surface area contributed by atoms with E-state index in [1.165, 1.54) is 0 Å². The molecule has 2 rings (SSSR count). The molecule has 1 aromatic rings. The quantitative estimate of drug-likeness (QED) is 0.709. The van der Waals surface area contributed by atoms with E-state index in [1.807, 2.05) is 19.1 Å². The van der Waals surface area contributed by atoms with Crippen LogP contribution in [-0.2, 0) is 0 Å². The molecule has 0 bridgehead atoms. The molecule has 0 aromatic heterocycles. The number of nitrogen functional groups attached to an aromatic ring is 1. The van der Waals surface area contributed by atoms with Crippen LogP contribution < -0.4 is 11.1 Å². The third kappa shape index (κ3) is 3.23. The number of aliphatic hydroxyl groups is 1. The Morgan fingerprint density at radius 2 is 2.22 bits per heavy atom. The number of hydrogen-bond acceptors (Lipinski definition) is 3. The van der Waals surface area contributed by atoms with Gasteiger partial charge in [-0.3, -0.25) is 4.79 Å². The first-order valence-corrected chi connectivity index (χ1v) is 6.38. The Morgan fingerprint density at radius 1 is 1.44 bits per heavy atom. The Bertz CT molecular complexity index is 425. The van der Waals surface area contributed by atoms with Crippen molar-refractivity contribution in [3.63, 3.8) is 0 Å². The lowest BCUT2D eigenvalue weighted by molar-refractivity contribution is 0.0945. The molecular formula is C14H20N2O2. The number of amides is 1. The van der Waals surface area contributed by atoms with Crippen molar-refractivity contribution in [1.82, 2.24) is 5.32 Å². The minimum absolute atomic E-state index is 0.0909. The number of anilines is 1. The average Bonchev–Trinajstić information content (AvgIpc) is 2.70. The maximum atomic E-state index is 12.0. The predicted molar refractivity (Wildman–Crippen MR) is 71.3 cm³/mol. The monoisotopic (exact) mass is 248 g/mol. The van der Waals surface area contributed by atoms with Crippen molar-refractivity contribution in [3.8, 4) is 0 Å². The Kier molecular flexibility index (Phi) is 3.87. The SMILES string of the molecule is Cc1cc(N)cc(C(=O)NCC2CCC(O)C2)c1. The molecule has 4 nitrogen and oxygen atoms in total. The highest BCUT2D eigenvalue weighted by Crippen LogP contribution is 2.24. The van der Waals surface area contributed by atoms with Gasteiger partial charge in [0, 0.05) is 17.8 Å². The predicted octanol–water partition coefficient (Wildman–Crippen LogP) is 1.47. The van der Waals surface area contributed by atoms with E-state index in [-0.39, 0.29) is 12.0 Å². The van der Waals surface area contributed by atoms with Crippen LogP contribution in [0.25, 0.3) is 0 Å². The molecule has 1 aliphatic rings. The number of hydrogen-bond donors (Lipinski definition) is 3. The fourth-order valence-corrected chi connectivity index (χ4v) is 2.52. The summed E-state index contributed by atoms with van der Waals surface area (Å²) in [7, 11) is 0. The van der Waals surface area contributed by atoms with Crippen molar-refractivity contribution in [2.45, 2.75) is 32.3 Å². The van der Waals surface area contributed by atoms with E-state index in [9.17, 15) is 9.90 Å². The number of aryl methyl sites for hydroxylation is 1. The average molecular weight is 248 g/mol. The second-order valence-electron chi connectivity index (χ2n) is 5.18. The van der Waals surface area contributed by atoms with Crippen LogP contribution in [0.3, 0.4) is 0 Å². The first kappa shape index (κ1) is 12.9. The van der Waals surface area contributed by atoms with Gasteiger partial charge >= 0.3 is 0 Å². The molecule has 18 heavy (non-hydrogen) atoms. The number of nitrogens with two attached hydrogens (primary N) is 1. The van der Waals surface area contributed by atoms with Crippen molar-refractivity contribution in [1.29, 1.82) is 0 Å². The zero-order chi connectivity index (χ0) is 13.1. The molecular weight excluding hydrogens is 228 g/mol. The summed E-state index contributed by atoms with van der Waals surface area (Å²) in [5, 5.41) is 12.3. The zero-order valence-corrected chi connectivity index (χ0v) is 10.6. The standard InChI is InChI=1S/C14H20N2O2/c1-9-4-11(7-12(15)5-9)14(18)16-8-10-2-3-13(17)6-10/h4-5,7,10,13,17H,2-3,6,8,15H2,1H3,(H,16,18). The molecule has 4 N–H and O–H groups in total. The third-order valence-electron chi connectivity index (χ3n) is 3.43. The second kappa shape index (κ2) is 5.40. The lowest BCUT2D eigenvalue weighted by atomic mass is 10.1. The van der Waals surface area contributed by atoms with Gasteiger partial charge in [0.05, 0.1) is 6.10 Å². The van der Waals surface area contributed by atoms with Crippen molar-refractivity contribution in [3.05, 3.63) is 29.3 Å². The summed E-state index contributed by atoms with van der Waals surface area (Å²) in [4.78, 5) is 12.0. The molecule has 4 heteroatoms. The maximum absolute atomic E-state index is 12.0. The molecule has 1 saturated carbocycles. The number of carbonyl (C=O) groups excluding carboxylic acids is 1. The van der Waals surface area contributed by atoms with Crippen molar-refractivity contribution >= 4 is 11.6 Å². The van der Waals surface area contributed by atoms with E-state index in [1.54, 1.807) is 6.07 Å². The van der Waals surface area contributed by atoms with Gasteiger partial charge in [-0.25, -0.2) is 0 Å². The summed E-state index contributed by atoms with van der Waals surface area (Å²) in [5.41, 5.74) is 7.91. The van der Waals surface area contributed by atoms with E-state index in [0.717, 1.165) is 24.8 Å². The fraction of sp³-hybridized carbons (Fsp3) is 0.500. The molecule has 0 radical (unpaired) electrons. The van der Waals surface area contributed by atoms with Crippen LogP contribution in [-0.4, -0.2) is 23.7 Å². The summed E-state index contributed by atoms with van der Waals surface area (Å²) < 4.78 is 0. The van der Waals surface area contributed by atoms with E-state index in [2.05, 4.69) is 5.32 Å². The number of rotatable bonds is 3. The number of aliphatic hydroxyl groups excluding tert-OH is 1. The number of benzene rings is 1. The van der Waals surface area contributed by atoms with Gasteiger partial charge in [0.25, 0.3) is 5.91 Å². The highest BCUT2D eigenvalue weighted by atomic mass is 16.3. The van der Waals surface area contributed by atoms with Gasteiger partial charge in [-0.1, -0.05) is 0 Å². The first-order chi connectivity index (χ1) is 8.54. The highest BCUT2D eigenvalue weighted by Gasteiger charge is 2.23. The van der Waals surface area contributed by atoms with Gasteiger partial charge in [-0.05, 0) is 55.9 Å². The third-order valence-corrected chi connectivity index (χ3v) is 3.43. The largest absolute Gasteiger partial charge is 0.399 e. The lowest BCUT2D eigenvalue weighted by Crippen LogP contribution is -2.28. The maximum Gasteiger partial charge on any atom is 0.251 e. The van der Waals surface area contributed by atoms with Crippen LogP contribution in [0, 0.1) is 12.8 Å². The van der Waals surface area contributed by atoms with Crippen molar-refractivity contribution in [2.75, 3.05) is 12.3 Å². The summed E-state index contributed by atoms with van der Waals surface area (Å²) in [5.74, 6) is 0.304. The number of nitrogens with one attached hydrogen (secondary N) is 1. The fourth-order valence-electron chi connectivity index (χ4n) is 2.52. The topological polar surface area (TPSA) is 75.4 Å². The number of carbonyl (C=O) groups is 1. The van der Waals surface area contributed by atoms with Gasteiger partial charge in [-0.2, -0.15) is 0 Å². The first-order valence-electron chi connectivity index (χ1n) is 6.38. The van der Waals surface area contributed by atoms with Gasteiger partial charge in [0.15, 0.2) is 0 Å². The smallest absolute Gasteiger partial charge is 0.251 e. The highest BCUT2D eigenvalue weighted by molar-refractivity contribution is 5.95. The van der Waals surface area contributed by atoms with E-state index >= 15 is 0 Å². The van der Waals surface area contributed by atoms with Gasteiger partial charge in [0.1, 0.15) is 0 Å². The molecule has 2 unspecified atom stereocenters. The van der Waals surface area contributed by atoms with Crippen molar-refractivity contribution < 1.29 is 9.90 Å². The van der Waals surface area contributed by atoms with Crippen LogP contribution in [0.15, 0.2) is 18.2 Å². The minimum atomic E-state index is -0.193. The minimum Gasteiger partial charge on any atom is -0.399 e. The molecule has 0 saturated heterocycles. The van der Waals surface area contributed by atoms with Gasteiger partial charge in [-0.15, -0.1) is 0 Å². The van der Waals surface area contributed by atoms with E-state index in [4.69, 9.17) is 5.73 Å². The Balaban J connectivity index is 1.91. The molecule has 0 heterocycles. The Labute approximate surface area is 107 Å². The zero-order valence-electron chi connectivity index (χ0n) is 10.6. The molecule has 1 aromatic carbocycles. The van der Waals surface area contributed by atoms with Gasteiger partial charge < -0.3 is 16.2 Å². The van der Waals surface area contributed by atoms with Crippen LogP contribution in [0.1, 0.15) is 35.2 Å². The van der Waals surface area contributed by atoms with E-state index < -0.39 is 0 Å². The van der Waals surface area contributed by atoms with Crippen LogP contribution in [0.4, 0.5) is 5.69 Å². The Morgan fingerprint density at radius 3 is 2.83 bits per heavy atom. The summed E-state index contributed by atoms with van der Waals surface area (Å²) >= 11 is 0. The second-order valence-corrected chi connectivity index (χ2v) is 5.18. The molecule has 1 fully saturated rings. The molecule has 2 atom stereocenters. The molecule has 1 amide bonds. The Hall–Kier alpha value is -1.55. The molecule has 1 aliphatic carbocycles. The van der Waals surface area contributed by atoms with Crippen molar-refractivity contribution in [2.24, 2.45) is 5.92 Å². The summed E-state index contributed by atoms with van der Waals surface area (Å²) in [6.07, 6.45) is 2.42. The summed E-state index contributed by atoms with van der Waals surface area (Å²) in [6.45, 7) is 2.55. The van der Waals surface area contributed by atoms with Crippen LogP contribution in [0.5, 0.6) is 0 Å². The molecule has 0 aliphatic heterocycles. The van der Waals surface area contributed by atoms with Crippen LogP contribution >= 0.6 is 0 Å². The molecule has 0 spiro atoms. The lowest BCUT2D eigenvalue weighted by Gasteiger charge is -2.11. The van der Waals surface area contributed by atoms with Crippen LogP contribution in [0.2, 0.25) is 0 Å².